The fourth-order valence-corrected chi connectivity index (χ4v) is 3.36. The highest BCUT2D eigenvalue weighted by atomic mass is 32.1. The van der Waals surface area contributed by atoms with Gasteiger partial charge in [0.05, 0.1) is 5.56 Å². The van der Waals surface area contributed by atoms with Crippen molar-refractivity contribution in [3.8, 4) is 10.6 Å². The van der Waals surface area contributed by atoms with Crippen molar-refractivity contribution in [3.63, 3.8) is 0 Å². The van der Waals surface area contributed by atoms with Crippen LogP contribution in [-0.4, -0.2) is 21.3 Å². The summed E-state index contributed by atoms with van der Waals surface area (Å²) < 4.78 is 1.77. The molecule has 0 atom stereocenters. The highest BCUT2D eigenvalue weighted by molar-refractivity contribution is 7.18. The van der Waals surface area contributed by atoms with Crippen molar-refractivity contribution in [1.29, 1.82) is 0 Å². The molecule has 0 amide bonds. The van der Waals surface area contributed by atoms with Crippen molar-refractivity contribution in [1.82, 2.24) is 14.8 Å². The number of hydrogen-bond acceptors (Lipinski definition) is 5. The van der Waals surface area contributed by atoms with E-state index in [1.54, 1.807) is 4.57 Å². The first kappa shape index (κ1) is 12.3. The van der Waals surface area contributed by atoms with E-state index in [0.717, 1.165) is 30.9 Å². The SMILES string of the molecule is CCNc1nnc(-c2cc3c(n(C)c2=O)CCC3)s1. The molecule has 0 bridgehead atoms. The van der Waals surface area contributed by atoms with Crippen LogP contribution in [0.15, 0.2) is 10.9 Å². The van der Waals surface area contributed by atoms with Gasteiger partial charge in [0, 0.05) is 19.3 Å². The second-order valence-corrected chi connectivity index (χ2v) is 5.67. The number of pyridine rings is 1. The molecule has 2 aromatic rings. The van der Waals surface area contributed by atoms with Crippen LogP contribution >= 0.6 is 11.3 Å². The Labute approximate surface area is 115 Å². The number of aryl methyl sites for hydroxylation is 1. The third-order valence-corrected chi connectivity index (χ3v) is 4.39. The molecule has 0 saturated heterocycles. The largest absolute Gasteiger partial charge is 0.360 e. The molecule has 0 unspecified atom stereocenters. The minimum atomic E-state index is 0.0276. The predicted octanol–water partition coefficient (Wildman–Crippen LogP) is 1.82. The van der Waals surface area contributed by atoms with Gasteiger partial charge >= 0.3 is 0 Å². The summed E-state index contributed by atoms with van der Waals surface area (Å²) in [6.45, 7) is 2.81. The van der Waals surface area contributed by atoms with Crippen LogP contribution < -0.4 is 10.9 Å². The van der Waals surface area contributed by atoms with Crippen molar-refractivity contribution in [2.24, 2.45) is 7.05 Å². The normalized spacial score (nSPS) is 13.6. The third kappa shape index (κ3) is 2.06. The smallest absolute Gasteiger partial charge is 0.260 e. The van der Waals surface area contributed by atoms with Crippen LogP contribution in [0.5, 0.6) is 0 Å². The van der Waals surface area contributed by atoms with E-state index in [0.29, 0.717) is 10.6 Å². The van der Waals surface area contributed by atoms with Crippen LogP contribution in [0.2, 0.25) is 0 Å². The lowest BCUT2D eigenvalue weighted by atomic mass is 10.1. The number of nitrogens with one attached hydrogen (secondary N) is 1. The molecule has 2 heterocycles. The van der Waals surface area contributed by atoms with E-state index in [1.165, 1.54) is 22.6 Å². The maximum atomic E-state index is 12.4. The molecule has 2 aromatic heterocycles. The Bertz CT molecular complexity index is 674. The Morgan fingerprint density at radius 2 is 2.26 bits per heavy atom. The van der Waals surface area contributed by atoms with Gasteiger partial charge in [-0.25, -0.2) is 0 Å². The summed E-state index contributed by atoms with van der Waals surface area (Å²) >= 11 is 1.43. The summed E-state index contributed by atoms with van der Waals surface area (Å²) in [6, 6.07) is 2.00. The van der Waals surface area contributed by atoms with Crippen LogP contribution in [0.1, 0.15) is 24.6 Å². The third-order valence-electron chi connectivity index (χ3n) is 3.47. The van der Waals surface area contributed by atoms with Crippen LogP contribution in [0.3, 0.4) is 0 Å². The first-order valence-electron chi connectivity index (χ1n) is 6.50. The van der Waals surface area contributed by atoms with Gasteiger partial charge in [-0.05, 0) is 37.8 Å². The van der Waals surface area contributed by atoms with E-state index in [1.807, 2.05) is 20.0 Å². The van der Waals surface area contributed by atoms with Gasteiger partial charge in [0.2, 0.25) is 5.13 Å². The van der Waals surface area contributed by atoms with Gasteiger partial charge in [0.15, 0.2) is 5.01 Å². The first-order chi connectivity index (χ1) is 9.20. The molecule has 3 rings (SSSR count). The van der Waals surface area contributed by atoms with Crippen LogP contribution in [0.4, 0.5) is 5.13 Å². The van der Waals surface area contributed by atoms with Gasteiger partial charge in [-0.1, -0.05) is 11.3 Å². The molecular formula is C13H16N4OS. The lowest BCUT2D eigenvalue weighted by Gasteiger charge is -2.08. The number of nitrogens with zero attached hydrogens (tertiary/aromatic N) is 3. The fourth-order valence-electron chi connectivity index (χ4n) is 2.54. The summed E-state index contributed by atoms with van der Waals surface area (Å²) in [7, 11) is 1.85. The molecule has 5 nitrogen and oxygen atoms in total. The molecule has 0 spiro atoms. The Kier molecular flexibility index (Phi) is 3.10. The number of rotatable bonds is 3. The average molecular weight is 276 g/mol. The van der Waals surface area contributed by atoms with Gasteiger partial charge in [-0.15, -0.1) is 10.2 Å². The van der Waals surface area contributed by atoms with Crippen LogP contribution in [0, 0.1) is 0 Å². The zero-order valence-corrected chi connectivity index (χ0v) is 11.9. The predicted molar refractivity (Wildman–Crippen MR) is 76.8 cm³/mol. The number of fused-ring (bicyclic) bond motifs is 1. The molecule has 0 radical (unpaired) electrons. The van der Waals surface area contributed by atoms with Gasteiger partial charge < -0.3 is 9.88 Å². The van der Waals surface area contributed by atoms with Gasteiger partial charge in [0.25, 0.3) is 5.56 Å². The van der Waals surface area contributed by atoms with Crippen molar-refractivity contribution in [2.45, 2.75) is 26.2 Å². The zero-order chi connectivity index (χ0) is 13.4. The van der Waals surface area contributed by atoms with Crippen LogP contribution in [0.25, 0.3) is 10.6 Å². The molecule has 100 valence electrons. The molecule has 19 heavy (non-hydrogen) atoms. The second-order valence-electron chi connectivity index (χ2n) is 4.69. The molecular weight excluding hydrogens is 260 g/mol. The van der Waals surface area contributed by atoms with Gasteiger partial charge in [-0.2, -0.15) is 0 Å². The van der Waals surface area contributed by atoms with E-state index in [2.05, 4.69) is 15.5 Å². The van der Waals surface area contributed by atoms with Gasteiger partial charge in [-0.3, -0.25) is 4.79 Å². The topological polar surface area (TPSA) is 59.8 Å². The maximum absolute atomic E-state index is 12.4. The highest BCUT2D eigenvalue weighted by Crippen LogP contribution is 2.28. The molecule has 6 heteroatoms. The molecule has 1 aliphatic carbocycles. The Morgan fingerprint density at radius 3 is 3.05 bits per heavy atom. The minimum Gasteiger partial charge on any atom is -0.360 e. The first-order valence-corrected chi connectivity index (χ1v) is 7.32. The molecule has 1 N–H and O–H groups in total. The number of hydrogen-bond donors (Lipinski definition) is 1. The van der Waals surface area contributed by atoms with E-state index < -0.39 is 0 Å². The quantitative estimate of drug-likeness (QED) is 0.929. The lowest BCUT2D eigenvalue weighted by molar-refractivity contribution is 0.780. The second kappa shape index (κ2) is 4.77. The summed E-state index contributed by atoms with van der Waals surface area (Å²) in [4.78, 5) is 12.4. The van der Waals surface area contributed by atoms with Gasteiger partial charge in [0.1, 0.15) is 0 Å². The molecule has 1 aliphatic rings. The standard InChI is InChI=1S/C13H16N4OS/c1-3-14-13-16-15-11(19-13)9-7-8-5-4-6-10(8)17(2)12(9)18/h7H,3-6H2,1-2H3,(H,14,16). The number of aromatic nitrogens is 3. The maximum Gasteiger partial charge on any atom is 0.260 e. The summed E-state index contributed by atoms with van der Waals surface area (Å²) in [5.41, 5.74) is 3.15. The summed E-state index contributed by atoms with van der Waals surface area (Å²) in [5, 5.41) is 12.8. The van der Waals surface area contributed by atoms with Crippen molar-refractivity contribution in [3.05, 3.63) is 27.7 Å². The van der Waals surface area contributed by atoms with E-state index in [9.17, 15) is 4.79 Å². The van der Waals surface area contributed by atoms with E-state index >= 15 is 0 Å². The highest BCUT2D eigenvalue weighted by Gasteiger charge is 2.19. The van der Waals surface area contributed by atoms with E-state index in [-0.39, 0.29) is 5.56 Å². The van der Waals surface area contributed by atoms with Crippen molar-refractivity contribution < 1.29 is 0 Å². The summed E-state index contributed by atoms with van der Waals surface area (Å²) in [6.07, 6.45) is 3.18. The van der Waals surface area contributed by atoms with Crippen LogP contribution in [-0.2, 0) is 19.9 Å². The van der Waals surface area contributed by atoms with E-state index in [4.69, 9.17) is 0 Å². The average Bonchev–Trinajstić information content (AvgIpc) is 3.02. The molecule has 0 saturated carbocycles. The Morgan fingerprint density at radius 1 is 1.42 bits per heavy atom. The molecule has 0 fully saturated rings. The number of anilines is 1. The Balaban J connectivity index is 2.09. The lowest BCUT2D eigenvalue weighted by Crippen LogP contribution is -2.22. The fraction of sp³-hybridized carbons (Fsp3) is 0.462. The molecule has 0 aromatic carbocycles. The van der Waals surface area contributed by atoms with Crippen molar-refractivity contribution >= 4 is 16.5 Å². The summed E-state index contributed by atoms with van der Waals surface area (Å²) in [5.74, 6) is 0. The molecule has 0 aliphatic heterocycles. The minimum absolute atomic E-state index is 0.0276. The van der Waals surface area contributed by atoms with Crippen molar-refractivity contribution in [2.75, 3.05) is 11.9 Å². The monoisotopic (exact) mass is 276 g/mol. The Hall–Kier alpha value is -1.69. The zero-order valence-electron chi connectivity index (χ0n) is 11.1.